The van der Waals surface area contributed by atoms with Crippen LogP contribution in [0.1, 0.15) is 20.7 Å². The van der Waals surface area contributed by atoms with Crippen LogP contribution in [0.25, 0.3) is 0 Å². The molecule has 0 fully saturated rings. The lowest BCUT2D eigenvalue weighted by atomic mass is 10.1. The molecule has 0 unspecified atom stereocenters. The number of nitro benzene ring substituents is 1. The average Bonchev–Trinajstić information content (AvgIpc) is 2.78. The molecule has 116 valence electrons. The van der Waals surface area contributed by atoms with Gasteiger partial charge >= 0.3 is 0 Å². The normalized spacial score (nSPS) is 13.2. The molecule has 2 amide bonds. The summed E-state index contributed by atoms with van der Waals surface area (Å²) in [6, 6.07) is 8.33. The molecule has 0 radical (unpaired) electrons. The van der Waals surface area contributed by atoms with Crippen molar-refractivity contribution < 1.29 is 19.2 Å². The van der Waals surface area contributed by atoms with E-state index in [-0.39, 0.29) is 21.8 Å². The van der Waals surface area contributed by atoms with E-state index in [1.54, 1.807) is 0 Å². The standard InChI is InChI=1S/C15H9ClN2O5/c1-23-12-6-5-8(7-10(12)16)17-14(19)9-3-2-4-11(18(21)22)13(9)15(17)20/h2-7H,1H3. The van der Waals surface area contributed by atoms with Crippen LogP contribution < -0.4 is 9.64 Å². The third-order valence-electron chi connectivity index (χ3n) is 3.48. The highest BCUT2D eigenvalue weighted by Gasteiger charge is 2.41. The number of benzene rings is 2. The molecule has 1 heterocycles. The summed E-state index contributed by atoms with van der Waals surface area (Å²) in [7, 11) is 1.44. The van der Waals surface area contributed by atoms with Crippen LogP contribution in [0.3, 0.4) is 0 Å². The summed E-state index contributed by atoms with van der Waals surface area (Å²) < 4.78 is 5.02. The fourth-order valence-electron chi connectivity index (χ4n) is 2.45. The van der Waals surface area contributed by atoms with Gasteiger partial charge in [0.25, 0.3) is 17.5 Å². The summed E-state index contributed by atoms with van der Waals surface area (Å²) in [6.45, 7) is 0. The van der Waals surface area contributed by atoms with E-state index < -0.39 is 22.4 Å². The number of halogens is 1. The van der Waals surface area contributed by atoms with Crippen molar-refractivity contribution in [3.63, 3.8) is 0 Å². The van der Waals surface area contributed by atoms with Gasteiger partial charge in [-0.15, -0.1) is 0 Å². The number of amides is 2. The predicted octanol–water partition coefficient (Wildman–Crippen LogP) is 3.06. The smallest absolute Gasteiger partial charge is 0.283 e. The average molecular weight is 333 g/mol. The summed E-state index contributed by atoms with van der Waals surface area (Å²) in [5.41, 5.74) is -0.398. The number of carbonyl (C=O) groups is 2. The van der Waals surface area contributed by atoms with E-state index in [0.29, 0.717) is 5.75 Å². The first-order chi connectivity index (χ1) is 11.0. The molecule has 1 aliphatic rings. The molecule has 2 aromatic rings. The zero-order valence-corrected chi connectivity index (χ0v) is 12.5. The summed E-state index contributed by atoms with van der Waals surface area (Å²) in [5, 5.41) is 11.3. The Morgan fingerprint density at radius 1 is 1.17 bits per heavy atom. The van der Waals surface area contributed by atoms with E-state index in [9.17, 15) is 19.7 Å². The molecule has 0 spiro atoms. The summed E-state index contributed by atoms with van der Waals surface area (Å²) in [6.07, 6.45) is 0. The fraction of sp³-hybridized carbons (Fsp3) is 0.0667. The lowest BCUT2D eigenvalue weighted by molar-refractivity contribution is -0.385. The zero-order valence-electron chi connectivity index (χ0n) is 11.8. The van der Waals surface area contributed by atoms with Gasteiger partial charge in [0.05, 0.1) is 28.3 Å². The third-order valence-corrected chi connectivity index (χ3v) is 3.78. The van der Waals surface area contributed by atoms with Crippen LogP contribution in [0.15, 0.2) is 36.4 Å². The minimum Gasteiger partial charge on any atom is -0.495 e. The van der Waals surface area contributed by atoms with Crippen LogP contribution >= 0.6 is 11.6 Å². The van der Waals surface area contributed by atoms with Crippen molar-refractivity contribution in [2.45, 2.75) is 0 Å². The molecule has 3 rings (SSSR count). The molecule has 0 atom stereocenters. The van der Waals surface area contributed by atoms with Crippen molar-refractivity contribution in [1.29, 1.82) is 0 Å². The largest absolute Gasteiger partial charge is 0.495 e. The lowest BCUT2D eigenvalue weighted by Crippen LogP contribution is -2.29. The Balaban J connectivity index is 2.12. The first-order valence-corrected chi connectivity index (χ1v) is 6.83. The molecule has 1 aliphatic heterocycles. The van der Waals surface area contributed by atoms with Gasteiger partial charge < -0.3 is 4.74 Å². The number of hydrogen-bond donors (Lipinski definition) is 0. The number of ether oxygens (including phenoxy) is 1. The molecule has 7 nitrogen and oxygen atoms in total. The second-order valence-electron chi connectivity index (χ2n) is 4.72. The number of imide groups is 1. The van der Waals surface area contributed by atoms with Gasteiger partial charge in [-0.05, 0) is 24.3 Å². The first-order valence-electron chi connectivity index (χ1n) is 6.45. The van der Waals surface area contributed by atoms with Crippen LogP contribution in [-0.2, 0) is 0 Å². The Morgan fingerprint density at radius 2 is 1.91 bits per heavy atom. The Labute approximate surface area is 135 Å². The van der Waals surface area contributed by atoms with Crippen molar-refractivity contribution >= 4 is 34.8 Å². The Bertz CT molecular complexity index is 865. The maximum Gasteiger partial charge on any atom is 0.283 e. The maximum atomic E-state index is 12.5. The molecule has 0 aromatic heterocycles. The third kappa shape index (κ3) is 2.22. The van der Waals surface area contributed by atoms with Crippen molar-refractivity contribution in [2.75, 3.05) is 12.0 Å². The number of nitrogens with zero attached hydrogens (tertiary/aromatic N) is 2. The van der Waals surface area contributed by atoms with Crippen LogP contribution in [0.4, 0.5) is 11.4 Å². The first kappa shape index (κ1) is 15.0. The minimum atomic E-state index is -0.751. The van der Waals surface area contributed by atoms with Crippen molar-refractivity contribution in [2.24, 2.45) is 0 Å². The second kappa shape index (κ2) is 5.36. The highest BCUT2D eigenvalue weighted by molar-refractivity contribution is 6.36. The maximum absolute atomic E-state index is 12.5. The molecule has 0 bridgehead atoms. The van der Waals surface area contributed by atoms with E-state index in [1.165, 1.54) is 43.5 Å². The van der Waals surface area contributed by atoms with Gasteiger partial charge in [0.2, 0.25) is 0 Å². The monoisotopic (exact) mass is 332 g/mol. The van der Waals surface area contributed by atoms with Crippen molar-refractivity contribution in [1.82, 2.24) is 0 Å². The summed E-state index contributed by atoms with van der Waals surface area (Å²) >= 11 is 6.01. The molecular formula is C15H9ClN2O5. The summed E-state index contributed by atoms with van der Waals surface area (Å²) in [4.78, 5) is 36.2. The molecule has 0 N–H and O–H groups in total. The predicted molar refractivity (Wildman–Crippen MR) is 82.2 cm³/mol. The fourth-order valence-corrected chi connectivity index (χ4v) is 2.70. The molecule has 23 heavy (non-hydrogen) atoms. The van der Waals surface area contributed by atoms with Gasteiger partial charge in [0.1, 0.15) is 11.3 Å². The van der Waals surface area contributed by atoms with E-state index in [1.807, 2.05) is 0 Å². The van der Waals surface area contributed by atoms with Gasteiger partial charge in [0, 0.05) is 6.07 Å². The van der Waals surface area contributed by atoms with Gasteiger partial charge in [-0.25, -0.2) is 4.90 Å². The Morgan fingerprint density at radius 3 is 2.52 bits per heavy atom. The SMILES string of the molecule is COc1ccc(N2C(=O)c3cccc([N+](=O)[O-])c3C2=O)cc1Cl. The van der Waals surface area contributed by atoms with Gasteiger partial charge in [-0.1, -0.05) is 17.7 Å². The topological polar surface area (TPSA) is 89.8 Å². The number of hydrogen-bond acceptors (Lipinski definition) is 5. The van der Waals surface area contributed by atoms with Crippen molar-refractivity contribution in [3.05, 3.63) is 62.7 Å². The molecular weight excluding hydrogens is 324 g/mol. The second-order valence-corrected chi connectivity index (χ2v) is 5.13. The summed E-state index contributed by atoms with van der Waals surface area (Å²) in [5.74, 6) is -0.994. The van der Waals surface area contributed by atoms with E-state index >= 15 is 0 Å². The molecule has 8 heteroatoms. The molecule has 0 saturated carbocycles. The van der Waals surface area contributed by atoms with Crippen LogP contribution in [-0.4, -0.2) is 23.8 Å². The molecule has 0 aliphatic carbocycles. The Kier molecular flexibility index (Phi) is 3.49. The number of methoxy groups -OCH3 is 1. The van der Waals surface area contributed by atoms with Gasteiger partial charge in [-0.2, -0.15) is 0 Å². The highest BCUT2D eigenvalue weighted by atomic mass is 35.5. The van der Waals surface area contributed by atoms with Crippen molar-refractivity contribution in [3.8, 4) is 5.75 Å². The van der Waals surface area contributed by atoms with E-state index in [0.717, 1.165) is 4.90 Å². The lowest BCUT2D eigenvalue weighted by Gasteiger charge is -2.15. The van der Waals surface area contributed by atoms with Gasteiger partial charge in [0.15, 0.2) is 0 Å². The van der Waals surface area contributed by atoms with E-state index in [2.05, 4.69) is 0 Å². The van der Waals surface area contributed by atoms with E-state index in [4.69, 9.17) is 16.3 Å². The number of nitro groups is 1. The van der Waals surface area contributed by atoms with Crippen LogP contribution in [0, 0.1) is 10.1 Å². The minimum absolute atomic E-state index is 0.00357. The zero-order chi connectivity index (χ0) is 16.7. The molecule has 2 aromatic carbocycles. The Hall–Kier alpha value is -2.93. The molecule has 0 saturated heterocycles. The number of carbonyl (C=O) groups excluding carboxylic acids is 2. The number of anilines is 1. The highest BCUT2D eigenvalue weighted by Crippen LogP contribution is 2.36. The van der Waals surface area contributed by atoms with Crippen LogP contribution in [0.5, 0.6) is 5.75 Å². The quantitative estimate of drug-likeness (QED) is 0.489. The number of fused-ring (bicyclic) bond motifs is 1. The van der Waals surface area contributed by atoms with Gasteiger partial charge in [-0.3, -0.25) is 19.7 Å². The van der Waals surface area contributed by atoms with Crippen LogP contribution in [0.2, 0.25) is 5.02 Å². The number of rotatable bonds is 3.